The summed E-state index contributed by atoms with van der Waals surface area (Å²) in [7, 11) is 2.30. The van der Waals surface area contributed by atoms with Crippen molar-refractivity contribution in [1.29, 1.82) is 0 Å². The van der Waals surface area contributed by atoms with Crippen molar-refractivity contribution in [3.63, 3.8) is 0 Å². The van der Waals surface area contributed by atoms with Gasteiger partial charge in [0.1, 0.15) is 0 Å². The molecule has 0 amide bonds. The Morgan fingerprint density at radius 2 is 2.10 bits per heavy atom. The second-order valence-corrected chi connectivity index (χ2v) is 7.67. The zero-order valence-corrected chi connectivity index (χ0v) is 14.5. The van der Waals surface area contributed by atoms with Crippen LogP contribution in [0, 0.1) is 11.3 Å². The molecule has 2 fully saturated rings. The minimum atomic E-state index is 0.473. The van der Waals surface area contributed by atoms with Crippen molar-refractivity contribution >= 4 is 0 Å². The molecule has 1 saturated heterocycles. The van der Waals surface area contributed by atoms with Crippen LogP contribution in [0.25, 0.3) is 0 Å². The van der Waals surface area contributed by atoms with E-state index in [1.54, 1.807) is 0 Å². The lowest BCUT2D eigenvalue weighted by Gasteiger charge is -2.43. The normalized spacial score (nSPS) is 34.3. The Kier molecular flexibility index (Phi) is 6.97. The third kappa shape index (κ3) is 5.54. The van der Waals surface area contributed by atoms with Gasteiger partial charge in [0.05, 0.1) is 6.10 Å². The Morgan fingerprint density at radius 3 is 2.76 bits per heavy atom. The van der Waals surface area contributed by atoms with E-state index < -0.39 is 0 Å². The van der Waals surface area contributed by atoms with Gasteiger partial charge in [0.2, 0.25) is 0 Å². The van der Waals surface area contributed by atoms with E-state index in [1.807, 2.05) is 0 Å². The van der Waals surface area contributed by atoms with Gasteiger partial charge in [-0.2, -0.15) is 0 Å². The fraction of sp³-hybridized carbons (Fsp3) is 1.00. The minimum absolute atomic E-state index is 0.473. The molecule has 0 aromatic rings. The van der Waals surface area contributed by atoms with Gasteiger partial charge in [-0.1, -0.05) is 26.7 Å². The van der Waals surface area contributed by atoms with Crippen LogP contribution in [0.2, 0.25) is 0 Å². The Bertz CT molecular complexity index is 291. The maximum Gasteiger partial charge on any atom is 0.0701 e. The van der Waals surface area contributed by atoms with Crippen LogP contribution < -0.4 is 5.32 Å². The molecule has 21 heavy (non-hydrogen) atoms. The number of nitrogens with one attached hydrogen (secondary N) is 1. The molecule has 1 aliphatic carbocycles. The average Bonchev–Trinajstić information content (AvgIpc) is 2.46. The molecular formula is C18H36N2O. The molecule has 3 heteroatoms. The largest absolute Gasteiger partial charge is 0.377 e. The van der Waals surface area contributed by atoms with Crippen LogP contribution in [0.4, 0.5) is 0 Å². The van der Waals surface area contributed by atoms with Crippen molar-refractivity contribution in [1.82, 2.24) is 10.2 Å². The smallest absolute Gasteiger partial charge is 0.0701 e. The molecule has 0 bridgehead atoms. The zero-order chi connectivity index (χ0) is 15.1. The number of hydrogen-bond acceptors (Lipinski definition) is 3. The van der Waals surface area contributed by atoms with E-state index in [4.69, 9.17) is 4.74 Å². The Morgan fingerprint density at radius 1 is 1.24 bits per heavy atom. The van der Waals surface area contributed by atoms with Crippen LogP contribution in [0.5, 0.6) is 0 Å². The number of nitrogens with zero attached hydrogens (tertiary/aromatic N) is 1. The first-order valence-corrected chi connectivity index (χ1v) is 9.14. The number of rotatable bonds is 7. The number of hydrogen-bond donors (Lipinski definition) is 1. The summed E-state index contributed by atoms with van der Waals surface area (Å²) < 4.78 is 5.92. The van der Waals surface area contributed by atoms with Crippen LogP contribution in [-0.2, 0) is 4.74 Å². The summed E-state index contributed by atoms with van der Waals surface area (Å²) in [6, 6.07) is 0. The van der Waals surface area contributed by atoms with Gasteiger partial charge in [0.15, 0.2) is 0 Å². The third-order valence-electron chi connectivity index (χ3n) is 5.33. The molecule has 0 radical (unpaired) electrons. The molecule has 0 aromatic carbocycles. The fourth-order valence-corrected chi connectivity index (χ4v) is 4.46. The van der Waals surface area contributed by atoms with Gasteiger partial charge in [0.25, 0.3) is 0 Å². The van der Waals surface area contributed by atoms with Crippen molar-refractivity contribution in [3.05, 3.63) is 0 Å². The van der Waals surface area contributed by atoms with Crippen molar-refractivity contribution in [2.45, 2.75) is 64.9 Å². The lowest BCUT2D eigenvalue weighted by atomic mass is 9.69. The first-order chi connectivity index (χ1) is 10.1. The quantitative estimate of drug-likeness (QED) is 0.780. The van der Waals surface area contributed by atoms with E-state index in [-0.39, 0.29) is 0 Å². The van der Waals surface area contributed by atoms with Crippen molar-refractivity contribution in [2.75, 3.05) is 39.8 Å². The van der Waals surface area contributed by atoms with E-state index in [1.165, 1.54) is 58.0 Å². The minimum Gasteiger partial charge on any atom is -0.377 e. The van der Waals surface area contributed by atoms with Crippen molar-refractivity contribution < 1.29 is 4.74 Å². The lowest BCUT2D eigenvalue weighted by Crippen LogP contribution is -2.47. The van der Waals surface area contributed by atoms with Gasteiger partial charge in [-0.25, -0.2) is 0 Å². The molecule has 1 saturated carbocycles. The fourth-order valence-electron chi connectivity index (χ4n) is 4.46. The Balaban J connectivity index is 1.87. The topological polar surface area (TPSA) is 24.5 Å². The van der Waals surface area contributed by atoms with Crippen LogP contribution in [0.3, 0.4) is 0 Å². The SMILES string of the molecule is CCNCC1(CN(C)CC2CCCCO2)CCCC(C)C1. The summed E-state index contributed by atoms with van der Waals surface area (Å²) in [5.74, 6) is 0.886. The highest BCUT2D eigenvalue weighted by Gasteiger charge is 2.35. The maximum atomic E-state index is 5.92. The molecular weight excluding hydrogens is 260 g/mol. The second kappa shape index (κ2) is 8.50. The van der Waals surface area contributed by atoms with E-state index in [9.17, 15) is 0 Å². The molecule has 2 rings (SSSR count). The number of ether oxygens (including phenoxy) is 1. The Hall–Kier alpha value is -0.120. The van der Waals surface area contributed by atoms with E-state index >= 15 is 0 Å². The molecule has 1 N–H and O–H groups in total. The molecule has 2 aliphatic rings. The van der Waals surface area contributed by atoms with Crippen LogP contribution in [0.1, 0.15) is 58.8 Å². The summed E-state index contributed by atoms with van der Waals surface area (Å²) in [6.07, 6.45) is 9.92. The summed E-state index contributed by atoms with van der Waals surface area (Å²) in [5, 5.41) is 3.63. The zero-order valence-electron chi connectivity index (χ0n) is 14.5. The Labute approximate surface area is 131 Å². The first-order valence-electron chi connectivity index (χ1n) is 9.14. The second-order valence-electron chi connectivity index (χ2n) is 7.67. The van der Waals surface area contributed by atoms with E-state index in [0.717, 1.165) is 25.6 Å². The molecule has 3 atom stereocenters. The van der Waals surface area contributed by atoms with Crippen LogP contribution in [0.15, 0.2) is 0 Å². The summed E-state index contributed by atoms with van der Waals surface area (Å²) in [5.41, 5.74) is 0.483. The van der Waals surface area contributed by atoms with Crippen molar-refractivity contribution in [3.8, 4) is 0 Å². The predicted molar refractivity (Wildman–Crippen MR) is 89.7 cm³/mol. The molecule has 1 heterocycles. The van der Waals surface area contributed by atoms with Gasteiger partial charge in [-0.3, -0.25) is 0 Å². The molecule has 3 nitrogen and oxygen atoms in total. The molecule has 3 unspecified atom stereocenters. The summed E-state index contributed by atoms with van der Waals surface area (Å²) in [4.78, 5) is 2.55. The van der Waals surface area contributed by atoms with Crippen molar-refractivity contribution in [2.24, 2.45) is 11.3 Å². The first kappa shape index (κ1) is 17.2. The average molecular weight is 296 g/mol. The summed E-state index contributed by atoms with van der Waals surface area (Å²) in [6.45, 7) is 10.2. The van der Waals surface area contributed by atoms with Gasteiger partial charge >= 0.3 is 0 Å². The molecule has 1 aliphatic heterocycles. The molecule has 0 spiro atoms. The lowest BCUT2D eigenvalue weighted by molar-refractivity contribution is -0.0123. The highest BCUT2D eigenvalue weighted by molar-refractivity contribution is 4.89. The van der Waals surface area contributed by atoms with Gasteiger partial charge in [-0.05, 0) is 57.0 Å². The van der Waals surface area contributed by atoms with Gasteiger partial charge < -0.3 is 15.0 Å². The van der Waals surface area contributed by atoms with Gasteiger partial charge in [0, 0.05) is 26.2 Å². The third-order valence-corrected chi connectivity index (χ3v) is 5.33. The van der Waals surface area contributed by atoms with E-state index in [2.05, 4.69) is 31.1 Å². The van der Waals surface area contributed by atoms with Crippen LogP contribution >= 0.6 is 0 Å². The highest BCUT2D eigenvalue weighted by Crippen LogP contribution is 2.39. The highest BCUT2D eigenvalue weighted by atomic mass is 16.5. The summed E-state index contributed by atoms with van der Waals surface area (Å²) >= 11 is 0. The van der Waals surface area contributed by atoms with Crippen LogP contribution in [-0.4, -0.2) is 50.8 Å². The molecule has 124 valence electrons. The monoisotopic (exact) mass is 296 g/mol. The van der Waals surface area contributed by atoms with Gasteiger partial charge in [-0.15, -0.1) is 0 Å². The molecule has 0 aromatic heterocycles. The number of likely N-dealkylation sites (N-methyl/N-ethyl adjacent to an activating group) is 1. The predicted octanol–water partition coefficient (Wildman–Crippen LogP) is 3.29. The standard InChI is InChI=1S/C18H36N2O/c1-4-19-14-18(10-7-8-16(2)12-18)15-20(3)13-17-9-5-6-11-21-17/h16-17,19H,4-15H2,1-3H3. The van der Waals surface area contributed by atoms with E-state index in [0.29, 0.717) is 11.5 Å². The maximum absolute atomic E-state index is 5.92.